The summed E-state index contributed by atoms with van der Waals surface area (Å²) in [5.74, 6) is -0.741. The van der Waals surface area contributed by atoms with Crippen molar-refractivity contribution >= 4 is 5.97 Å². The second-order valence-electron chi connectivity index (χ2n) is 2.08. The maximum atomic E-state index is 10.4. The SMILES string of the molecule is C[C@@H]1OC(=O)[C@@H](O)[C@H]1O. The summed E-state index contributed by atoms with van der Waals surface area (Å²) in [5.41, 5.74) is 0. The van der Waals surface area contributed by atoms with Crippen LogP contribution in [0.4, 0.5) is 0 Å². The Morgan fingerprint density at radius 3 is 2.22 bits per heavy atom. The van der Waals surface area contributed by atoms with Gasteiger partial charge in [-0.25, -0.2) is 4.79 Å². The van der Waals surface area contributed by atoms with E-state index in [0.29, 0.717) is 0 Å². The van der Waals surface area contributed by atoms with Crippen molar-refractivity contribution in [1.29, 1.82) is 0 Å². The number of carbonyl (C=O) groups is 1. The largest absolute Gasteiger partial charge is 0.458 e. The topological polar surface area (TPSA) is 66.8 Å². The van der Waals surface area contributed by atoms with Gasteiger partial charge in [-0.3, -0.25) is 0 Å². The molecule has 0 aromatic rings. The van der Waals surface area contributed by atoms with Crippen LogP contribution in [0.5, 0.6) is 0 Å². The average Bonchev–Trinajstić information content (AvgIpc) is 1.98. The number of cyclic esters (lactones) is 1. The fraction of sp³-hybridized carbons (Fsp3) is 0.800. The van der Waals surface area contributed by atoms with Gasteiger partial charge in [-0.1, -0.05) is 0 Å². The Morgan fingerprint density at radius 2 is 2.11 bits per heavy atom. The van der Waals surface area contributed by atoms with Gasteiger partial charge in [-0.2, -0.15) is 0 Å². The highest BCUT2D eigenvalue weighted by molar-refractivity contribution is 5.77. The Labute approximate surface area is 52.1 Å². The summed E-state index contributed by atoms with van der Waals surface area (Å²) in [7, 11) is 0. The van der Waals surface area contributed by atoms with Gasteiger partial charge in [-0.15, -0.1) is 0 Å². The Bertz CT molecular complexity index is 133. The number of carbonyl (C=O) groups excluding carboxylic acids is 1. The zero-order valence-electron chi connectivity index (χ0n) is 4.94. The van der Waals surface area contributed by atoms with E-state index in [4.69, 9.17) is 10.2 Å². The van der Waals surface area contributed by atoms with Crippen molar-refractivity contribution < 1.29 is 19.7 Å². The number of rotatable bonds is 0. The lowest BCUT2D eigenvalue weighted by atomic mass is 10.2. The molecule has 4 nitrogen and oxygen atoms in total. The molecule has 0 aromatic carbocycles. The molecule has 0 radical (unpaired) electrons. The normalized spacial score (nSPS) is 43.0. The van der Waals surface area contributed by atoms with E-state index in [1.807, 2.05) is 0 Å². The van der Waals surface area contributed by atoms with E-state index in [1.165, 1.54) is 6.92 Å². The van der Waals surface area contributed by atoms with Crippen LogP contribution in [0, 0.1) is 0 Å². The number of aliphatic hydroxyl groups excluding tert-OH is 2. The van der Waals surface area contributed by atoms with E-state index in [9.17, 15) is 4.79 Å². The van der Waals surface area contributed by atoms with Crippen LogP contribution in [0.1, 0.15) is 6.92 Å². The van der Waals surface area contributed by atoms with E-state index >= 15 is 0 Å². The van der Waals surface area contributed by atoms with Gasteiger partial charge in [-0.05, 0) is 6.92 Å². The van der Waals surface area contributed by atoms with Crippen molar-refractivity contribution in [2.24, 2.45) is 0 Å². The second-order valence-corrected chi connectivity index (χ2v) is 2.08. The third kappa shape index (κ3) is 0.906. The van der Waals surface area contributed by atoms with Crippen LogP contribution < -0.4 is 0 Å². The Balaban J connectivity index is 2.65. The number of ether oxygens (including phenoxy) is 1. The molecule has 9 heavy (non-hydrogen) atoms. The summed E-state index contributed by atoms with van der Waals surface area (Å²) in [6.07, 6.45) is -2.98. The fourth-order valence-electron chi connectivity index (χ4n) is 0.719. The molecule has 0 unspecified atom stereocenters. The molecule has 52 valence electrons. The first kappa shape index (κ1) is 6.51. The van der Waals surface area contributed by atoms with Crippen LogP contribution in [0.3, 0.4) is 0 Å². The van der Waals surface area contributed by atoms with Crippen LogP contribution in [-0.2, 0) is 9.53 Å². The predicted molar refractivity (Wildman–Crippen MR) is 27.6 cm³/mol. The van der Waals surface area contributed by atoms with Crippen molar-refractivity contribution in [1.82, 2.24) is 0 Å². The first-order chi connectivity index (χ1) is 4.13. The molecule has 1 fully saturated rings. The zero-order valence-corrected chi connectivity index (χ0v) is 4.94. The predicted octanol–water partition coefficient (Wildman–Crippen LogP) is -1.35. The highest BCUT2D eigenvalue weighted by Gasteiger charge is 2.39. The van der Waals surface area contributed by atoms with Gasteiger partial charge in [0.1, 0.15) is 12.2 Å². The molecule has 1 aliphatic rings. The molecule has 0 spiro atoms. The van der Waals surface area contributed by atoms with Crippen molar-refractivity contribution in [3.8, 4) is 0 Å². The lowest BCUT2D eigenvalue weighted by Crippen LogP contribution is -2.29. The maximum Gasteiger partial charge on any atom is 0.338 e. The first-order valence-corrected chi connectivity index (χ1v) is 2.69. The quantitative estimate of drug-likeness (QED) is 0.400. The molecule has 1 rings (SSSR count). The van der Waals surface area contributed by atoms with Crippen LogP contribution >= 0.6 is 0 Å². The van der Waals surface area contributed by atoms with E-state index in [-0.39, 0.29) is 0 Å². The van der Waals surface area contributed by atoms with Gasteiger partial charge in [0.15, 0.2) is 6.10 Å². The van der Waals surface area contributed by atoms with Crippen molar-refractivity contribution in [3.63, 3.8) is 0 Å². The number of hydrogen-bond acceptors (Lipinski definition) is 4. The minimum absolute atomic E-state index is 0.576. The molecular weight excluding hydrogens is 124 g/mol. The van der Waals surface area contributed by atoms with Gasteiger partial charge in [0.05, 0.1) is 0 Å². The highest BCUT2D eigenvalue weighted by Crippen LogP contribution is 2.14. The summed E-state index contributed by atoms with van der Waals surface area (Å²) in [6, 6.07) is 0. The number of esters is 1. The summed E-state index contributed by atoms with van der Waals surface area (Å²) in [4.78, 5) is 10.4. The van der Waals surface area contributed by atoms with Crippen LogP contribution in [0.25, 0.3) is 0 Å². The molecule has 1 aliphatic heterocycles. The molecule has 1 saturated heterocycles. The molecule has 0 saturated carbocycles. The minimum atomic E-state index is -1.35. The Morgan fingerprint density at radius 1 is 1.56 bits per heavy atom. The van der Waals surface area contributed by atoms with Gasteiger partial charge >= 0.3 is 5.97 Å². The number of hydrogen-bond donors (Lipinski definition) is 2. The third-order valence-electron chi connectivity index (χ3n) is 1.35. The van der Waals surface area contributed by atoms with Gasteiger partial charge < -0.3 is 14.9 Å². The molecule has 2 N–H and O–H groups in total. The van der Waals surface area contributed by atoms with Crippen molar-refractivity contribution in [2.45, 2.75) is 25.2 Å². The standard InChI is InChI=1S/C5H8O4/c1-2-3(6)4(7)5(8)9-2/h2-4,6-7H,1H3/t2-,3-,4-/m0/s1. The van der Waals surface area contributed by atoms with E-state index in [1.54, 1.807) is 0 Å². The average molecular weight is 132 g/mol. The van der Waals surface area contributed by atoms with E-state index in [2.05, 4.69) is 4.74 Å². The van der Waals surface area contributed by atoms with Crippen molar-refractivity contribution in [3.05, 3.63) is 0 Å². The molecule has 0 amide bonds. The second kappa shape index (κ2) is 1.97. The van der Waals surface area contributed by atoms with Gasteiger partial charge in [0.25, 0.3) is 0 Å². The van der Waals surface area contributed by atoms with Gasteiger partial charge in [0, 0.05) is 0 Å². The van der Waals surface area contributed by atoms with E-state index in [0.717, 1.165) is 0 Å². The summed E-state index contributed by atoms with van der Waals surface area (Å²) in [5, 5.41) is 17.6. The molecule has 1 heterocycles. The lowest BCUT2D eigenvalue weighted by molar-refractivity contribution is -0.146. The summed E-state index contributed by atoms with van der Waals surface area (Å²) < 4.78 is 4.45. The maximum absolute atomic E-state index is 10.4. The monoisotopic (exact) mass is 132 g/mol. The molecule has 0 aliphatic carbocycles. The number of aliphatic hydroxyl groups is 2. The van der Waals surface area contributed by atoms with Crippen LogP contribution in [0.15, 0.2) is 0 Å². The molecule has 3 atom stereocenters. The lowest BCUT2D eigenvalue weighted by Gasteiger charge is -2.04. The molecular formula is C5H8O4. The molecule has 0 aromatic heterocycles. The van der Waals surface area contributed by atoms with Crippen LogP contribution in [0.2, 0.25) is 0 Å². The third-order valence-corrected chi connectivity index (χ3v) is 1.35. The van der Waals surface area contributed by atoms with Gasteiger partial charge in [0.2, 0.25) is 0 Å². The molecule has 4 heteroatoms. The first-order valence-electron chi connectivity index (χ1n) is 2.69. The minimum Gasteiger partial charge on any atom is -0.458 e. The zero-order chi connectivity index (χ0) is 7.02. The van der Waals surface area contributed by atoms with E-state index < -0.39 is 24.3 Å². The molecule has 0 bridgehead atoms. The Hall–Kier alpha value is -0.610. The summed E-state index contributed by atoms with van der Waals surface area (Å²) in [6.45, 7) is 1.53. The highest BCUT2D eigenvalue weighted by atomic mass is 16.6. The van der Waals surface area contributed by atoms with Crippen molar-refractivity contribution in [2.75, 3.05) is 0 Å². The Kier molecular flexibility index (Phi) is 1.42. The fourth-order valence-corrected chi connectivity index (χ4v) is 0.719. The smallest absolute Gasteiger partial charge is 0.338 e. The van der Waals surface area contributed by atoms with Crippen LogP contribution in [-0.4, -0.2) is 34.5 Å². The summed E-state index contributed by atoms with van der Waals surface area (Å²) >= 11 is 0.